The van der Waals surface area contributed by atoms with E-state index in [1.165, 1.54) is 0 Å². The largest absolute Gasteiger partial charge is 0.504 e. The van der Waals surface area contributed by atoms with Gasteiger partial charge in [0.25, 0.3) is 0 Å². The molecule has 5 aliphatic heterocycles. The van der Waals surface area contributed by atoms with Crippen molar-refractivity contribution in [2.45, 2.75) is 61.4 Å². The molecule has 2 fully saturated rings. The lowest BCUT2D eigenvalue weighted by molar-refractivity contribution is -0.282. The number of ether oxygens (including phenoxy) is 13. The minimum atomic E-state index is -3.13. The Hall–Kier alpha value is -19.2. The molecular weight excluding hydrogens is 1820 g/mol. The van der Waals surface area contributed by atoms with E-state index in [9.17, 15) is 172 Å². The average Bonchev–Trinajstić information content (AvgIpc) is 1.19. The van der Waals surface area contributed by atoms with Crippen molar-refractivity contribution >= 4 is 59.7 Å². The number of carbonyl (C=O) groups excluding carboxylic acids is 10. The summed E-state index contributed by atoms with van der Waals surface area (Å²) in [5.41, 5.74) is -20.7. The zero-order valence-corrected chi connectivity index (χ0v) is 65.6. The van der Waals surface area contributed by atoms with E-state index in [-0.39, 0.29) is 30.3 Å². The third kappa shape index (κ3) is 15.0. The smallest absolute Gasteiger partial charge is 0.344 e. The zero-order chi connectivity index (χ0) is 97.5. The molecular formula is C82H56O52. The van der Waals surface area contributed by atoms with Crippen LogP contribution in [-0.2, 0) is 56.8 Å². The van der Waals surface area contributed by atoms with E-state index in [1.807, 2.05) is 0 Å². The Kier molecular flexibility index (Phi) is 22.0. The molecule has 10 aromatic rings. The van der Waals surface area contributed by atoms with Crippen LogP contribution in [0.15, 0.2) is 78.9 Å². The van der Waals surface area contributed by atoms with Gasteiger partial charge in [0.05, 0.1) is 50.1 Å². The highest BCUT2D eigenvalue weighted by Gasteiger charge is 2.59. The van der Waals surface area contributed by atoms with E-state index in [1.54, 1.807) is 0 Å². The molecule has 0 unspecified atom stereocenters. The van der Waals surface area contributed by atoms with Crippen molar-refractivity contribution < 1.29 is 258 Å². The van der Waals surface area contributed by atoms with Gasteiger partial charge in [0.1, 0.15) is 31.0 Å². The summed E-state index contributed by atoms with van der Waals surface area (Å²) in [6.45, 7) is -3.26. The van der Waals surface area contributed by atoms with Crippen LogP contribution in [-0.4, -0.2) is 282 Å². The van der Waals surface area contributed by atoms with Gasteiger partial charge < -0.3 is 210 Å². The molecule has 10 atom stereocenters. The van der Waals surface area contributed by atoms with Gasteiger partial charge in [-0.15, -0.1) is 0 Å². The predicted octanol–water partition coefficient (Wildman–Crippen LogP) is 3.71. The standard InChI is InChI=1S/C82H56O52/c83-26-1-16(2-27(84)47(26)95)71(112)129-67-65-39(14-122-74(115)19-7-32(89)50(98)57(105)41(19)42-20(76(117)127-65)8-33(90)51(99)58(42)106)126-82(69(67)131-72(113)17-3-28(85)48(96)29(86)4-17)134-80(121)25-12-37(94)55(103)63(111)64(25)124-38-13-24-46(62(110)56(38)104)45-21(9-34(91)54(102)61(45)109)77(118)128-66-40(15-123-75(24)116)125-81(133-73(114)18-5-30(87)49(97)31(88)6-18)70-68(66)130-78(119)22-10-35(92)52(100)59(107)43(22)44-23(79(120)132-70)11-36(93)53(101)60(44)108/h1-13,39-40,65-70,81-111H,14-15H2/t39-,40+,65-,66-,67+,68+,69+,70-,81-,82-/m0/s1. The molecule has 10 aromatic carbocycles. The van der Waals surface area contributed by atoms with Gasteiger partial charge in [0.2, 0.25) is 70.8 Å². The molecule has 0 radical (unpaired) electrons. The maximum atomic E-state index is 15.5. The summed E-state index contributed by atoms with van der Waals surface area (Å²) >= 11 is 0. The summed E-state index contributed by atoms with van der Waals surface area (Å²) in [6.07, 6.45) is -28.4. The van der Waals surface area contributed by atoms with Crippen LogP contribution in [0.2, 0.25) is 0 Å². The topological polar surface area (TPSA) is 877 Å². The van der Waals surface area contributed by atoms with Crippen LogP contribution >= 0.6 is 0 Å². The molecule has 5 aliphatic rings. The number of esters is 10. The van der Waals surface area contributed by atoms with Gasteiger partial charge >= 0.3 is 59.7 Å². The van der Waals surface area contributed by atoms with Crippen LogP contribution in [0.5, 0.6) is 178 Å². The van der Waals surface area contributed by atoms with Gasteiger partial charge in [-0.25, -0.2) is 47.9 Å². The number of cyclic esters (lactones) is 2. The van der Waals surface area contributed by atoms with Crippen molar-refractivity contribution in [3.05, 3.63) is 134 Å². The zero-order valence-electron chi connectivity index (χ0n) is 65.6. The molecule has 134 heavy (non-hydrogen) atoms. The summed E-state index contributed by atoms with van der Waals surface area (Å²) < 4.78 is 74.5. The number of phenols is 29. The molecule has 0 spiro atoms. The molecule has 696 valence electrons. The Morgan fingerprint density at radius 2 is 0.515 bits per heavy atom. The second-order valence-corrected chi connectivity index (χ2v) is 29.0. The van der Waals surface area contributed by atoms with Crippen LogP contribution in [0.4, 0.5) is 0 Å². The fourth-order valence-corrected chi connectivity index (χ4v) is 14.5. The summed E-state index contributed by atoms with van der Waals surface area (Å²) in [6, 6.07) is 3.90. The Bertz CT molecular complexity index is 6800. The maximum Gasteiger partial charge on any atom is 0.344 e. The van der Waals surface area contributed by atoms with Crippen molar-refractivity contribution in [3.63, 3.8) is 0 Å². The maximum absolute atomic E-state index is 15.5. The van der Waals surface area contributed by atoms with E-state index in [4.69, 9.17) is 61.6 Å². The SMILES string of the molecule is O=C(O[C@@H]1O[C@@H]2COC(=O)c3cc(Oc4c(C(=O)O[C@@H]5O[C@H]6COC(=O)c7cc(O)c(O)c(O)c7-c7c(cc(O)c(O)c7O)C(=O)O[C@@H]6[C@@H](OC(=O)c6cc(O)c(O)c(O)c6)[C@H]5OC(=O)c5cc(O)c(O)c(O)c5)cc(O)c(O)c4O)c(O)c(O)c3-c3c(cc(O)c(O)c3O)C(=O)O[C@@H]2[C@H]2OC(=O)c3cc(O)c(O)c(O)c3-c3c(cc(O)c(O)c3O)C(=O)O[C@H]12)c1cc(O)c(O)c(O)c1. The van der Waals surface area contributed by atoms with E-state index >= 15 is 24.0 Å². The molecule has 5 heterocycles. The number of fused-ring (bicyclic) bond motifs is 13. The number of hydrogen-bond donors (Lipinski definition) is 29. The van der Waals surface area contributed by atoms with Crippen LogP contribution in [0.1, 0.15) is 104 Å². The second-order valence-electron chi connectivity index (χ2n) is 29.0. The summed E-state index contributed by atoms with van der Waals surface area (Å²) in [7, 11) is 0. The Labute approximate surface area is 735 Å². The first-order valence-electron chi connectivity index (χ1n) is 37.1. The number of carbonyl (C=O) groups is 10. The van der Waals surface area contributed by atoms with Gasteiger partial charge in [0, 0.05) is 45.5 Å². The van der Waals surface area contributed by atoms with Crippen molar-refractivity contribution in [2.24, 2.45) is 0 Å². The quantitative estimate of drug-likeness (QED) is 0.0527. The first kappa shape index (κ1) is 89.6. The molecule has 0 aromatic heterocycles. The monoisotopic (exact) mass is 1870 g/mol. The van der Waals surface area contributed by atoms with Crippen LogP contribution in [0.25, 0.3) is 33.4 Å². The first-order chi connectivity index (χ1) is 63.1. The molecule has 52 heteroatoms. The van der Waals surface area contributed by atoms with Crippen molar-refractivity contribution in [1.82, 2.24) is 0 Å². The highest BCUT2D eigenvalue weighted by Crippen LogP contribution is 2.60. The minimum Gasteiger partial charge on any atom is -0.504 e. The van der Waals surface area contributed by atoms with Gasteiger partial charge in [-0.3, -0.25) is 0 Å². The predicted molar refractivity (Wildman–Crippen MR) is 414 cm³/mol. The van der Waals surface area contributed by atoms with E-state index in [0.29, 0.717) is 48.5 Å². The molecule has 0 amide bonds. The molecule has 15 rings (SSSR count). The highest BCUT2D eigenvalue weighted by atomic mass is 16.8. The summed E-state index contributed by atoms with van der Waals surface area (Å²) in [5.74, 6) is -67.6. The number of phenolic OH excluding ortho intramolecular Hbond substituents is 29. The molecule has 29 N–H and O–H groups in total. The van der Waals surface area contributed by atoms with Crippen molar-refractivity contribution in [2.75, 3.05) is 13.2 Å². The Balaban J connectivity index is 0.858. The van der Waals surface area contributed by atoms with Crippen LogP contribution in [0.3, 0.4) is 0 Å². The molecule has 0 saturated carbocycles. The van der Waals surface area contributed by atoms with Gasteiger partial charge in [0.15, 0.2) is 157 Å². The first-order valence-corrected chi connectivity index (χ1v) is 37.1. The molecule has 0 aliphatic carbocycles. The van der Waals surface area contributed by atoms with Crippen molar-refractivity contribution in [3.8, 4) is 212 Å². The second kappa shape index (κ2) is 32.9. The lowest BCUT2D eigenvalue weighted by atomic mass is 9.91. The normalized spacial score (nSPS) is 19.6. The van der Waals surface area contributed by atoms with E-state index in [0.717, 1.165) is 0 Å². The minimum absolute atomic E-state index is 0.0771. The lowest BCUT2D eigenvalue weighted by Gasteiger charge is -2.44. The Morgan fingerprint density at radius 3 is 0.888 bits per heavy atom. The van der Waals surface area contributed by atoms with Gasteiger partial charge in [-0.1, -0.05) is 0 Å². The molecule has 2 saturated heterocycles. The lowest BCUT2D eigenvalue weighted by Crippen LogP contribution is -2.63. The average molecular weight is 1870 g/mol. The van der Waals surface area contributed by atoms with Gasteiger partial charge in [-0.2, -0.15) is 0 Å². The third-order valence-electron chi connectivity index (χ3n) is 21.0. The Morgan fingerprint density at radius 1 is 0.246 bits per heavy atom. The van der Waals surface area contributed by atoms with Crippen molar-refractivity contribution in [1.29, 1.82) is 0 Å². The number of benzene rings is 10. The molecule has 52 nitrogen and oxygen atoms in total. The van der Waals surface area contributed by atoms with E-state index in [2.05, 4.69) is 0 Å². The number of aromatic hydroxyl groups is 29. The third-order valence-corrected chi connectivity index (χ3v) is 21.0. The number of hydrogen-bond acceptors (Lipinski definition) is 52. The summed E-state index contributed by atoms with van der Waals surface area (Å²) in [5, 5.41) is 319. The van der Waals surface area contributed by atoms with E-state index < -0.39 is 402 Å². The fourth-order valence-electron chi connectivity index (χ4n) is 14.5. The number of rotatable bonds is 10. The fraction of sp³-hybridized carbons (Fsp3) is 0.146. The van der Waals surface area contributed by atoms with Gasteiger partial charge in [-0.05, 0) is 66.7 Å². The highest BCUT2D eigenvalue weighted by molar-refractivity contribution is 6.12. The van der Waals surface area contributed by atoms with Crippen LogP contribution in [0, 0.1) is 0 Å². The summed E-state index contributed by atoms with van der Waals surface area (Å²) in [4.78, 5) is 149. The molecule has 0 bridgehead atoms. The van der Waals surface area contributed by atoms with Crippen LogP contribution < -0.4 is 4.74 Å².